The summed E-state index contributed by atoms with van der Waals surface area (Å²) in [5.41, 5.74) is 0. The Labute approximate surface area is 95.6 Å². The lowest BCUT2D eigenvalue weighted by molar-refractivity contribution is 0.127. The SMILES string of the molecule is [CH]1CCCCCCCCCCOCCC1. The van der Waals surface area contributed by atoms with Crippen LogP contribution in [0.3, 0.4) is 0 Å². The predicted molar refractivity (Wildman–Crippen MR) is 65.9 cm³/mol. The molecule has 1 heteroatoms. The first kappa shape index (κ1) is 13.0. The second kappa shape index (κ2) is 10.5. The molecule has 0 aromatic rings. The van der Waals surface area contributed by atoms with E-state index in [1.54, 1.807) is 0 Å². The van der Waals surface area contributed by atoms with Crippen LogP contribution in [0, 0.1) is 6.42 Å². The molecule has 1 nitrogen and oxygen atoms in total. The minimum Gasteiger partial charge on any atom is -0.381 e. The third-order valence-corrected chi connectivity index (χ3v) is 3.14. The summed E-state index contributed by atoms with van der Waals surface area (Å²) >= 11 is 0. The monoisotopic (exact) mass is 211 g/mol. The van der Waals surface area contributed by atoms with Crippen LogP contribution < -0.4 is 0 Å². The average Bonchev–Trinajstić information content (AvgIpc) is 2.27. The van der Waals surface area contributed by atoms with Crippen LogP contribution in [0.5, 0.6) is 0 Å². The maximum absolute atomic E-state index is 5.59. The zero-order valence-electron chi connectivity index (χ0n) is 10.2. The Balaban J connectivity index is 2.01. The first-order valence-corrected chi connectivity index (χ1v) is 6.89. The fraction of sp³-hybridized carbons (Fsp3) is 0.929. The van der Waals surface area contributed by atoms with Crippen molar-refractivity contribution in [1.29, 1.82) is 0 Å². The minimum absolute atomic E-state index is 0.969. The van der Waals surface area contributed by atoms with Gasteiger partial charge in [-0.2, -0.15) is 0 Å². The highest BCUT2D eigenvalue weighted by Gasteiger charge is 1.96. The van der Waals surface area contributed by atoms with E-state index in [0.29, 0.717) is 0 Å². The summed E-state index contributed by atoms with van der Waals surface area (Å²) in [6.45, 7) is 1.95. The van der Waals surface area contributed by atoms with Gasteiger partial charge in [-0.05, 0) is 25.7 Å². The normalized spacial score (nSPS) is 24.0. The van der Waals surface area contributed by atoms with Gasteiger partial charge in [0.25, 0.3) is 0 Å². The Morgan fingerprint density at radius 3 is 1.87 bits per heavy atom. The third kappa shape index (κ3) is 8.92. The number of hydrogen-bond acceptors (Lipinski definition) is 1. The van der Waals surface area contributed by atoms with E-state index >= 15 is 0 Å². The van der Waals surface area contributed by atoms with Gasteiger partial charge in [-0.1, -0.05) is 51.4 Å². The van der Waals surface area contributed by atoms with E-state index in [2.05, 4.69) is 6.42 Å². The lowest BCUT2D eigenvalue weighted by Crippen LogP contribution is -1.97. The van der Waals surface area contributed by atoms with Crippen molar-refractivity contribution in [2.45, 2.75) is 70.6 Å². The van der Waals surface area contributed by atoms with Crippen molar-refractivity contribution < 1.29 is 4.74 Å². The lowest BCUT2D eigenvalue weighted by atomic mass is 10.1. The van der Waals surface area contributed by atoms with Crippen LogP contribution in [0.2, 0.25) is 0 Å². The first-order chi connectivity index (χ1) is 7.50. The van der Waals surface area contributed by atoms with Crippen LogP contribution in [0.25, 0.3) is 0 Å². The van der Waals surface area contributed by atoms with E-state index in [9.17, 15) is 0 Å². The van der Waals surface area contributed by atoms with Crippen molar-refractivity contribution >= 4 is 0 Å². The predicted octanol–water partition coefficient (Wildman–Crippen LogP) is 4.51. The highest BCUT2D eigenvalue weighted by molar-refractivity contribution is 4.64. The van der Waals surface area contributed by atoms with Gasteiger partial charge in [0.15, 0.2) is 0 Å². The molecule has 0 saturated carbocycles. The maximum Gasteiger partial charge on any atom is 0.0466 e. The third-order valence-electron chi connectivity index (χ3n) is 3.14. The zero-order valence-corrected chi connectivity index (χ0v) is 10.2. The summed E-state index contributed by atoms with van der Waals surface area (Å²) in [5.74, 6) is 0. The smallest absolute Gasteiger partial charge is 0.0466 e. The Morgan fingerprint density at radius 1 is 0.533 bits per heavy atom. The van der Waals surface area contributed by atoms with E-state index in [0.717, 1.165) is 13.2 Å². The molecule has 0 unspecified atom stereocenters. The fourth-order valence-corrected chi connectivity index (χ4v) is 2.13. The van der Waals surface area contributed by atoms with Gasteiger partial charge in [0.2, 0.25) is 0 Å². The molecular formula is C14H27O. The van der Waals surface area contributed by atoms with Gasteiger partial charge in [0, 0.05) is 13.2 Å². The standard InChI is InChI=1S/C14H27O/c1-2-4-6-8-10-12-14-15-13-11-9-7-5-3-1/h7H,1-6,8-14H2. The first-order valence-electron chi connectivity index (χ1n) is 6.89. The molecule has 0 aromatic carbocycles. The molecule has 1 heterocycles. The van der Waals surface area contributed by atoms with Gasteiger partial charge in [-0.25, -0.2) is 0 Å². The van der Waals surface area contributed by atoms with E-state index in [1.807, 2.05) is 0 Å². The molecule has 0 aliphatic carbocycles. The van der Waals surface area contributed by atoms with Crippen LogP contribution in [-0.4, -0.2) is 13.2 Å². The average molecular weight is 211 g/mol. The summed E-state index contributed by atoms with van der Waals surface area (Å²) in [7, 11) is 0. The Kier molecular flexibility index (Phi) is 9.10. The van der Waals surface area contributed by atoms with Crippen molar-refractivity contribution in [2.75, 3.05) is 13.2 Å². The van der Waals surface area contributed by atoms with E-state index in [4.69, 9.17) is 4.74 Å². The molecule has 1 radical (unpaired) electrons. The molecule has 1 saturated heterocycles. The largest absolute Gasteiger partial charge is 0.381 e. The summed E-state index contributed by atoms with van der Waals surface area (Å²) in [5, 5.41) is 0. The van der Waals surface area contributed by atoms with Gasteiger partial charge in [-0.15, -0.1) is 0 Å². The molecule has 0 N–H and O–H groups in total. The molecule has 0 bridgehead atoms. The molecule has 0 spiro atoms. The summed E-state index contributed by atoms with van der Waals surface area (Å²) in [6, 6.07) is 0. The van der Waals surface area contributed by atoms with Gasteiger partial charge in [0.05, 0.1) is 0 Å². The van der Waals surface area contributed by atoms with Crippen molar-refractivity contribution in [1.82, 2.24) is 0 Å². The quantitative estimate of drug-likeness (QED) is 0.572. The highest BCUT2D eigenvalue weighted by atomic mass is 16.5. The van der Waals surface area contributed by atoms with Crippen LogP contribution in [0.4, 0.5) is 0 Å². The fourth-order valence-electron chi connectivity index (χ4n) is 2.13. The van der Waals surface area contributed by atoms with Crippen molar-refractivity contribution in [2.24, 2.45) is 0 Å². The molecule has 0 amide bonds. The van der Waals surface area contributed by atoms with E-state index in [1.165, 1.54) is 70.6 Å². The summed E-state index contributed by atoms with van der Waals surface area (Å²) < 4.78 is 5.59. The Bertz CT molecular complexity index is 63.9. The number of ether oxygens (including phenoxy) is 1. The molecule has 1 aliphatic rings. The van der Waals surface area contributed by atoms with Gasteiger partial charge in [-0.3, -0.25) is 0 Å². The van der Waals surface area contributed by atoms with Crippen LogP contribution in [0.1, 0.15) is 70.6 Å². The number of rotatable bonds is 0. The molecule has 1 fully saturated rings. The maximum atomic E-state index is 5.59. The topological polar surface area (TPSA) is 9.23 Å². The van der Waals surface area contributed by atoms with Crippen LogP contribution in [0.15, 0.2) is 0 Å². The molecule has 0 atom stereocenters. The summed E-state index contributed by atoms with van der Waals surface area (Å²) in [4.78, 5) is 0. The van der Waals surface area contributed by atoms with Gasteiger partial charge in [0.1, 0.15) is 0 Å². The zero-order chi connectivity index (χ0) is 10.6. The summed E-state index contributed by atoms with van der Waals surface area (Å²) in [6.07, 6.45) is 17.5. The van der Waals surface area contributed by atoms with E-state index < -0.39 is 0 Å². The highest BCUT2D eigenvalue weighted by Crippen LogP contribution is 2.12. The second-order valence-corrected chi connectivity index (χ2v) is 4.66. The van der Waals surface area contributed by atoms with Gasteiger partial charge >= 0.3 is 0 Å². The van der Waals surface area contributed by atoms with Crippen molar-refractivity contribution in [3.05, 3.63) is 6.42 Å². The van der Waals surface area contributed by atoms with Gasteiger partial charge < -0.3 is 4.74 Å². The molecule has 1 aliphatic heterocycles. The Hall–Kier alpha value is -0.0400. The molecule has 0 aromatic heterocycles. The lowest BCUT2D eigenvalue weighted by Gasteiger charge is -2.03. The second-order valence-electron chi connectivity index (χ2n) is 4.66. The van der Waals surface area contributed by atoms with Crippen LogP contribution >= 0.6 is 0 Å². The molecule has 89 valence electrons. The molecular weight excluding hydrogens is 184 g/mol. The molecule has 15 heavy (non-hydrogen) atoms. The van der Waals surface area contributed by atoms with Crippen molar-refractivity contribution in [3.63, 3.8) is 0 Å². The molecule has 1 rings (SSSR count). The van der Waals surface area contributed by atoms with Crippen LogP contribution in [-0.2, 0) is 4.74 Å². The Morgan fingerprint density at radius 2 is 1.07 bits per heavy atom. The van der Waals surface area contributed by atoms with E-state index in [-0.39, 0.29) is 0 Å². The minimum atomic E-state index is 0.969. The van der Waals surface area contributed by atoms with Crippen molar-refractivity contribution in [3.8, 4) is 0 Å². The number of hydrogen-bond donors (Lipinski definition) is 0.